The number of cyclic esters (lactones) is 1. The molecule has 31 heavy (non-hydrogen) atoms. The molecule has 1 aliphatic rings. The van der Waals surface area contributed by atoms with Crippen LogP contribution < -0.4 is 16.7 Å². The zero-order chi connectivity index (χ0) is 21.3. The molecule has 3 heterocycles. The number of carbonyl (C=O) groups is 1. The number of halogens is 2. The maximum atomic E-state index is 12.8. The molecule has 1 amide bonds. The van der Waals surface area contributed by atoms with E-state index in [9.17, 15) is 14.0 Å². The van der Waals surface area contributed by atoms with Gasteiger partial charge in [-0.3, -0.25) is 5.32 Å². The highest BCUT2D eigenvalue weighted by molar-refractivity contribution is 5.89. The van der Waals surface area contributed by atoms with Crippen LogP contribution in [-0.2, 0) is 17.9 Å². The third kappa shape index (κ3) is 4.35. The van der Waals surface area contributed by atoms with Gasteiger partial charge in [-0.25, -0.2) is 28.2 Å². The van der Waals surface area contributed by atoms with E-state index in [2.05, 4.69) is 15.4 Å². The number of hydrogen-bond acceptors (Lipinski definition) is 6. The van der Waals surface area contributed by atoms with Gasteiger partial charge in [-0.15, -0.1) is 12.4 Å². The smallest absolute Gasteiger partial charge is 0.411 e. The predicted octanol–water partition coefficient (Wildman–Crippen LogP) is 2.70. The minimum absolute atomic E-state index is 0. The summed E-state index contributed by atoms with van der Waals surface area (Å²) in [4.78, 5) is 28.5. The number of aryl methyl sites for hydroxylation is 1. The molecule has 162 valence electrons. The molecule has 11 heteroatoms. The number of pyridine rings is 1. The van der Waals surface area contributed by atoms with Gasteiger partial charge >= 0.3 is 11.8 Å². The molecule has 1 aliphatic heterocycles. The number of carbonyl (C=O) groups excluding carboxylic acids is 1. The van der Waals surface area contributed by atoms with Gasteiger partial charge in [0.05, 0.1) is 18.6 Å². The lowest BCUT2D eigenvalue weighted by atomic mass is 10.0. The fourth-order valence-corrected chi connectivity index (χ4v) is 3.19. The largest absolute Gasteiger partial charge is 0.444 e. The SMILES string of the molecule is Cc1cc(-c2ccc3c(c2)NC(=O)OC3)cnc1-n1cnn(C/C(=C/F)CN)c1=O.Cl. The number of anilines is 1. The van der Waals surface area contributed by atoms with E-state index < -0.39 is 11.8 Å². The molecule has 9 nitrogen and oxygen atoms in total. The van der Waals surface area contributed by atoms with Crippen LogP contribution in [0.1, 0.15) is 11.1 Å². The topological polar surface area (TPSA) is 117 Å². The van der Waals surface area contributed by atoms with Crippen molar-refractivity contribution in [2.75, 3.05) is 11.9 Å². The first-order valence-electron chi connectivity index (χ1n) is 9.17. The van der Waals surface area contributed by atoms with Crippen molar-refractivity contribution in [2.24, 2.45) is 5.73 Å². The number of rotatable bonds is 5. The first-order chi connectivity index (χ1) is 14.5. The molecule has 0 unspecified atom stereocenters. The lowest BCUT2D eigenvalue weighted by Crippen LogP contribution is -2.26. The number of amides is 1. The molecule has 4 rings (SSSR count). The molecule has 2 aromatic heterocycles. The van der Waals surface area contributed by atoms with Gasteiger partial charge in [0, 0.05) is 23.9 Å². The van der Waals surface area contributed by atoms with Gasteiger partial charge in [0.2, 0.25) is 0 Å². The van der Waals surface area contributed by atoms with E-state index in [1.807, 2.05) is 31.2 Å². The van der Waals surface area contributed by atoms with Crippen molar-refractivity contribution in [3.63, 3.8) is 0 Å². The summed E-state index contributed by atoms with van der Waals surface area (Å²) in [6.07, 6.45) is 2.89. The number of aromatic nitrogens is 4. The van der Waals surface area contributed by atoms with Crippen LogP contribution in [0.5, 0.6) is 0 Å². The summed E-state index contributed by atoms with van der Waals surface area (Å²) in [6, 6.07) is 7.54. The summed E-state index contributed by atoms with van der Waals surface area (Å²) >= 11 is 0. The molecular formula is C20H20ClFN6O3. The lowest BCUT2D eigenvalue weighted by Gasteiger charge is -2.18. The number of nitrogens with two attached hydrogens (primary N) is 1. The number of hydrogen-bond donors (Lipinski definition) is 2. The van der Waals surface area contributed by atoms with E-state index in [4.69, 9.17) is 10.5 Å². The Balaban J connectivity index is 0.00000272. The summed E-state index contributed by atoms with van der Waals surface area (Å²) in [5.41, 5.74) is 9.28. The second-order valence-electron chi connectivity index (χ2n) is 6.85. The second-order valence-corrected chi connectivity index (χ2v) is 6.85. The molecule has 1 aromatic carbocycles. The minimum Gasteiger partial charge on any atom is -0.444 e. The molecule has 0 saturated carbocycles. The predicted molar refractivity (Wildman–Crippen MR) is 115 cm³/mol. The molecule has 3 aromatic rings. The van der Waals surface area contributed by atoms with Gasteiger partial charge in [0.1, 0.15) is 18.8 Å². The van der Waals surface area contributed by atoms with E-state index >= 15 is 0 Å². The molecule has 0 atom stereocenters. The molecule has 0 spiro atoms. The third-order valence-corrected chi connectivity index (χ3v) is 4.82. The average molecular weight is 447 g/mol. The Bertz CT molecular complexity index is 1220. The van der Waals surface area contributed by atoms with Crippen LogP contribution >= 0.6 is 12.4 Å². The fraction of sp³-hybridized carbons (Fsp3) is 0.200. The summed E-state index contributed by atoms with van der Waals surface area (Å²) in [5.74, 6) is 0.424. The van der Waals surface area contributed by atoms with Crippen LogP contribution in [0.15, 0.2) is 53.5 Å². The van der Waals surface area contributed by atoms with E-state index in [-0.39, 0.29) is 37.7 Å². The number of nitrogens with one attached hydrogen (secondary N) is 1. The molecule has 0 saturated heterocycles. The summed E-state index contributed by atoms with van der Waals surface area (Å²) in [5, 5.41) is 6.70. The number of nitrogens with zero attached hydrogens (tertiary/aromatic N) is 4. The van der Waals surface area contributed by atoms with E-state index in [0.29, 0.717) is 17.8 Å². The van der Waals surface area contributed by atoms with E-state index in [0.717, 1.165) is 26.9 Å². The Hall–Kier alpha value is -3.50. The van der Waals surface area contributed by atoms with Crippen molar-refractivity contribution in [3.8, 4) is 16.9 Å². The number of benzene rings is 1. The Kier molecular flexibility index (Phi) is 6.52. The molecular weight excluding hydrogens is 427 g/mol. The minimum atomic E-state index is -0.485. The Labute approximate surface area is 182 Å². The first-order valence-corrected chi connectivity index (χ1v) is 9.17. The summed E-state index contributed by atoms with van der Waals surface area (Å²) in [7, 11) is 0. The van der Waals surface area contributed by atoms with Gasteiger partial charge in [0.25, 0.3) is 0 Å². The van der Waals surface area contributed by atoms with Crippen LogP contribution in [0.25, 0.3) is 16.9 Å². The monoisotopic (exact) mass is 446 g/mol. The van der Waals surface area contributed by atoms with Crippen molar-refractivity contribution < 1.29 is 13.9 Å². The van der Waals surface area contributed by atoms with Crippen LogP contribution in [0.2, 0.25) is 0 Å². The van der Waals surface area contributed by atoms with Crippen LogP contribution in [0.4, 0.5) is 14.9 Å². The van der Waals surface area contributed by atoms with Gasteiger partial charge in [-0.2, -0.15) is 5.10 Å². The van der Waals surface area contributed by atoms with Crippen LogP contribution in [0.3, 0.4) is 0 Å². The highest BCUT2D eigenvalue weighted by Crippen LogP contribution is 2.29. The molecule has 0 fully saturated rings. The van der Waals surface area contributed by atoms with Crippen molar-refractivity contribution in [1.29, 1.82) is 0 Å². The van der Waals surface area contributed by atoms with Crippen LogP contribution in [0, 0.1) is 6.92 Å². The Morgan fingerprint density at radius 2 is 2.13 bits per heavy atom. The van der Waals surface area contributed by atoms with E-state index in [1.165, 1.54) is 10.9 Å². The number of ether oxygens (including phenoxy) is 1. The van der Waals surface area contributed by atoms with Gasteiger partial charge in [-0.1, -0.05) is 12.1 Å². The zero-order valence-corrected chi connectivity index (χ0v) is 17.4. The third-order valence-electron chi connectivity index (χ3n) is 4.82. The van der Waals surface area contributed by atoms with E-state index in [1.54, 1.807) is 6.20 Å². The van der Waals surface area contributed by atoms with Gasteiger partial charge in [-0.05, 0) is 35.8 Å². The molecule has 0 radical (unpaired) electrons. The van der Waals surface area contributed by atoms with Crippen molar-refractivity contribution >= 4 is 24.2 Å². The summed E-state index contributed by atoms with van der Waals surface area (Å²) in [6.45, 7) is 2.03. The average Bonchev–Trinajstić information content (AvgIpc) is 3.11. The lowest BCUT2D eigenvalue weighted by molar-refractivity contribution is 0.151. The Morgan fingerprint density at radius 1 is 1.32 bits per heavy atom. The highest BCUT2D eigenvalue weighted by Gasteiger charge is 2.17. The van der Waals surface area contributed by atoms with Gasteiger partial charge < -0.3 is 10.5 Å². The number of fused-ring (bicyclic) bond motifs is 1. The van der Waals surface area contributed by atoms with Crippen molar-refractivity contribution in [3.05, 3.63) is 70.3 Å². The molecule has 0 bridgehead atoms. The first kappa shape index (κ1) is 22.2. The fourth-order valence-electron chi connectivity index (χ4n) is 3.19. The zero-order valence-electron chi connectivity index (χ0n) is 16.5. The van der Waals surface area contributed by atoms with Crippen molar-refractivity contribution in [1.82, 2.24) is 19.3 Å². The maximum absolute atomic E-state index is 12.8. The standard InChI is InChI=1S/C20H19FN6O3.ClH/c1-12-4-16(14-2-3-15-10-30-19(28)25-17(15)5-14)8-23-18(12)26-11-24-27(20(26)29)9-13(6-21)7-22;/h2-6,8,11H,7,9-10,22H2,1H3,(H,25,28);1H/b13-6+;. The highest BCUT2D eigenvalue weighted by atomic mass is 35.5. The summed E-state index contributed by atoms with van der Waals surface area (Å²) < 4.78 is 20.1. The quantitative estimate of drug-likeness (QED) is 0.622. The second kappa shape index (κ2) is 9.11. The molecule has 3 N–H and O–H groups in total. The van der Waals surface area contributed by atoms with Crippen LogP contribution in [-0.4, -0.2) is 32.0 Å². The normalized spacial score (nSPS) is 13.1. The Morgan fingerprint density at radius 3 is 2.84 bits per heavy atom. The van der Waals surface area contributed by atoms with Crippen molar-refractivity contribution in [2.45, 2.75) is 20.1 Å². The maximum Gasteiger partial charge on any atom is 0.411 e. The molecule has 0 aliphatic carbocycles. The van der Waals surface area contributed by atoms with Gasteiger partial charge in [0.15, 0.2) is 0 Å².